The van der Waals surface area contributed by atoms with Crippen molar-refractivity contribution in [2.45, 2.75) is 244 Å². The molecule has 0 aliphatic rings. The van der Waals surface area contributed by atoms with Crippen molar-refractivity contribution in [3.05, 3.63) is 36.5 Å². The number of nitrogens with zero attached hydrogens (tertiary/aromatic N) is 1. The average molecular weight is 868 g/mol. The van der Waals surface area contributed by atoms with Crippen LogP contribution < -0.4 is 5.32 Å². The molecule has 0 radical (unpaired) electrons. The van der Waals surface area contributed by atoms with Gasteiger partial charge in [-0.25, -0.2) is 4.57 Å². The Kier molecular flexibility index (Phi) is 42.1. The maximum atomic E-state index is 12.9. The number of carbonyl (C=O) groups is 1. The Morgan fingerprint density at radius 3 is 1.40 bits per heavy atom. The Morgan fingerprint density at radius 2 is 0.950 bits per heavy atom. The van der Waals surface area contributed by atoms with Crippen LogP contribution in [0.25, 0.3) is 0 Å². The van der Waals surface area contributed by atoms with Crippen molar-refractivity contribution in [3.8, 4) is 0 Å². The fourth-order valence-corrected chi connectivity index (χ4v) is 8.04. The molecule has 3 N–H and O–H groups in total. The summed E-state index contributed by atoms with van der Waals surface area (Å²) in [7, 11) is 1.57. The average Bonchev–Trinajstić information content (AvgIpc) is 3.20. The molecule has 0 aromatic carbocycles. The molecule has 9 heteroatoms. The first-order valence-corrected chi connectivity index (χ1v) is 26.9. The van der Waals surface area contributed by atoms with Crippen LogP contribution in [0.5, 0.6) is 0 Å². The largest absolute Gasteiger partial charge is 0.472 e. The molecule has 354 valence electrons. The van der Waals surface area contributed by atoms with E-state index in [2.05, 4.69) is 43.5 Å². The maximum Gasteiger partial charge on any atom is 0.472 e. The van der Waals surface area contributed by atoms with Crippen LogP contribution >= 0.6 is 7.82 Å². The van der Waals surface area contributed by atoms with Crippen LogP contribution in [0.2, 0.25) is 0 Å². The number of amides is 1. The van der Waals surface area contributed by atoms with Crippen LogP contribution in [0.15, 0.2) is 36.5 Å². The minimum absolute atomic E-state index is 0.0608. The molecule has 0 heterocycles. The zero-order valence-electron chi connectivity index (χ0n) is 40.2. The maximum absolute atomic E-state index is 12.9. The summed E-state index contributed by atoms with van der Waals surface area (Å²) in [6.07, 6.45) is 53.6. The number of unbranched alkanes of at least 4 members (excludes halogenated alkanes) is 29. The summed E-state index contributed by atoms with van der Waals surface area (Å²) in [5.41, 5.74) is 0. The lowest BCUT2D eigenvalue weighted by Gasteiger charge is -2.25. The number of hydrogen-bond acceptors (Lipinski definition) is 5. The zero-order valence-corrected chi connectivity index (χ0v) is 41.1. The second-order valence-corrected chi connectivity index (χ2v) is 20.0. The molecule has 0 spiro atoms. The smallest absolute Gasteiger partial charge is 0.387 e. The van der Waals surface area contributed by atoms with Crippen molar-refractivity contribution < 1.29 is 32.9 Å². The van der Waals surface area contributed by atoms with Gasteiger partial charge in [0.05, 0.1) is 39.9 Å². The molecule has 0 aromatic heterocycles. The number of aliphatic hydroxyl groups is 1. The van der Waals surface area contributed by atoms with E-state index in [0.717, 1.165) is 44.9 Å². The molecular weight excluding hydrogens is 768 g/mol. The third-order valence-electron chi connectivity index (χ3n) is 11.4. The third-order valence-corrected chi connectivity index (χ3v) is 12.3. The van der Waals surface area contributed by atoms with E-state index in [-0.39, 0.29) is 19.1 Å². The highest BCUT2D eigenvalue weighted by Gasteiger charge is 2.27. The summed E-state index contributed by atoms with van der Waals surface area (Å²) in [6.45, 7) is 4.80. The summed E-state index contributed by atoms with van der Waals surface area (Å²) in [5.74, 6) is -0.181. The normalized spacial score (nSPS) is 14.4. The van der Waals surface area contributed by atoms with Crippen LogP contribution in [0, 0.1) is 0 Å². The number of aliphatic hydroxyl groups excluding tert-OH is 1. The second-order valence-electron chi connectivity index (χ2n) is 18.5. The van der Waals surface area contributed by atoms with Gasteiger partial charge in [0.25, 0.3) is 0 Å². The van der Waals surface area contributed by atoms with Gasteiger partial charge in [0.2, 0.25) is 5.91 Å². The Hall–Kier alpha value is -1.28. The lowest BCUT2D eigenvalue weighted by atomic mass is 10.0. The van der Waals surface area contributed by atoms with Crippen molar-refractivity contribution in [2.24, 2.45) is 0 Å². The molecule has 3 atom stereocenters. The summed E-state index contributed by atoms with van der Waals surface area (Å²) in [4.78, 5) is 23.2. The first-order valence-electron chi connectivity index (χ1n) is 25.4. The molecule has 0 fully saturated rings. The van der Waals surface area contributed by atoms with E-state index in [1.54, 1.807) is 6.08 Å². The monoisotopic (exact) mass is 868 g/mol. The molecule has 1 amide bonds. The molecule has 8 nitrogen and oxygen atoms in total. The number of likely N-dealkylation sites (N-methyl/N-ethyl adjacent to an activating group) is 1. The first-order chi connectivity index (χ1) is 29.0. The fourth-order valence-electron chi connectivity index (χ4n) is 7.31. The molecule has 0 aliphatic carbocycles. The minimum Gasteiger partial charge on any atom is -0.387 e. The van der Waals surface area contributed by atoms with Gasteiger partial charge < -0.3 is 19.8 Å². The van der Waals surface area contributed by atoms with Gasteiger partial charge >= 0.3 is 7.82 Å². The Balaban J connectivity index is 4.33. The fraction of sp³-hybridized carbons (Fsp3) is 0.863. The predicted molar refractivity (Wildman–Crippen MR) is 258 cm³/mol. The number of rotatable bonds is 46. The molecule has 0 rings (SSSR count). The highest BCUT2D eigenvalue weighted by molar-refractivity contribution is 7.47. The number of nitrogens with one attached hydrogen (secondary N) is 1. The quantitative estimate of drug-likeness (QED) is 0.0244. The van der Waals surface area contributed by atoms with Gasteiger partial charge in [-0.3, -0.25) is 13.8 Å². The van der Waals surface area contributed by atoms with E-state index in [4.69, 9.17) is 9.05 Å². The van der Waals surface area contributed by atoms with Gasteiger partial charge in [-0.1, -0.05) is 211 Å². The van der Waals surface area contributed by atoms with Crippen LogP contribution in [0.3, 0.4) is 0 Å². The topological polar surface area (TPSA) is 105 Å². The van der Waals surface area contributed by atoms with E-state index in [1.807, 2.05) is 27.2 Å². The lowest BCUT2D eigenvalue weighted by molar-refractivity contribution is -0.870. The van der Waals surface area contributed by atoms with Gasteiger partial charge in [0.1, 0.15) is 13.2 Å². The van der Waals surface area contributed by atoms with Crippen LogP contribution in [0.4, 0.5) is 0 Å². The van der Waals surface area contributed by atoms with Crippen molar-refractivity contribution in [2.75, 3.05) is 40.9 Å². The number of hydrogen-bond donors (Lipinski definition) is 3. The van der Waals surface area contributed by atoms with E-state index in [1.165, 1.54) is 167 Å². The standard InChI is InChI=1S/C51H99N2O6P/c1-6-8-10-12-14-16-18-20-22-24-26-28-30-32-34-36-38-40-42-44-50(54)49(48-59-60(56,57)58-47-46-53(3,4)5)52-51(55)45-43-41-39-37-35-33-31-29-27-25-23-21-19-17-15-13-11-9-7-2/h15,17,21,23,42,44,49-50,54H,6-14,16,18-20,22,24-41,43,45-48H2,1-5H3,(H-,52,55,56,57)/p+1/b17-15-,23-21-,44-42+. The van der Waals surface area contributed by atoms with Crippen LogP contribution in [-0.2, 0) is 18.4 Å². The molecule has 0 bridgehead atoms. The highest BCUT2D eigenvalue weighted by Crippen LogP contribution is 2.43. The summed E-state index contributed by atoms with van der Waals surface area (Å²) in [6, 6.07) is -0.848. The van der Waals surface area contributed by atoms with E-state index in [0.29, 0.717) is 17.4 Å². The minimum atomic E-state index is -4.34. The molecule has 0 aliphatic heterocycles. The summed E-state index contributed by atoms with van der Waals surface area (Å²) >= 11 is 0. The molecule has 60 heavy (non-hydrogen) atoms. The molecule has 0 saturated heterocycles. The first kappa shape index (κ1) is 58.7. The number of phosphoric acid groups is 1. The summed E-state index contributed by atoms with van der Waals surface area (Å²) < 4.78 is 23.6. The number of quaternary nitrogens is 1. The Labute approximate surface area is 372 Å². The Bertz CT molecular complexity index is 1070. The van der Waals surface area contributed by atoms with Gasteiger partial charge in [0.15, 0.2) is 0 Å². The number of allylic oxidation sites excluding steroid dienone is 5. The molecule has 0 aromatic rings. The summed E-state index contributed by atoms with van der Waals surface area (Å²) in [5, 5.41) is 13.9. The van der Waals surface area contributed by atoms with Gasteiger partial charge in [0, 0.05) is 6.42 Å². The van der Waals surface area contributed by atoms with Crippen LogP contribution in [0.1, 0.15) is 232 Å². The number of carbonyl (C=O) groups excluding carboxylic acids is 1. The number of phosphoric ester groups is 1. The van der Waals surface area contributed by atoms with Crippen LogP contribution in [-0.4, -0.2) is 73.4 Å². The van der Waals surface area contributed by atoms with Crippen molar-refractivity contribution in [3.63, 3.8) is 0 Å². The van der Waals surface area contributed by atoms with Gasteiger partial charge in [-0.05, 0) is 51.4 Å². The molecule has 3 unspecified atom stereocenters. The van der Waals surface area contributed by atoms with Crippen molar-refractivity contribution in [1.29, 1.82) is 0 Å². The molecular formula is C51H100N2O6P+. The SMILES string of the molecule is CCCCC/C=C\C/C=C\CCCCCCCCCCCC(=O)NC(COP(=O)(O)OCC[N+](C)(C)C)C(O)/C=C/CCCCCCCCCCCCCCCCCCC. The molecule has 0 saturated carbocycles. The third kappa shape index (κ3) is 44.8. The van der Waals surface area contributed by atoms with Crippen molar-refractivity contribution in [1.82, 2.24) is 5.32 Å². The van der Waals surface area contributed by atoms with Gasteiger partial charge in [-0.15, -0.1) is 0 Å². The zero-order chi connectivity index (χ0) is 44.3. The Morgan fingerprint density at radius 1 is 0.567 bits per heavy atom. The van der Waals surface area contributed by atoms with Crippen molar-refractivity contribution >= 4 is 13.7 Å². The second kappa shape index (κ2) is 43.0. The lowest BCUT2D eigenvalue weighted by Crippen LogP contribution is -2.45. The predicted octanol–water partition coefficient (Wildman–Crippen LogP) is 14.6. The highest BCUT2D eigenvalue weighted by atomic mass is 31.2. The van der Waals surface area contributed by atoms with E-state index < -0.39 is 20.0 Å². The van der Waals surface area contributed by atoms with E-state index >= 15 is 0 Å². The van der Waals surface area contributed by atoms with E-state index in [9.17, 15) is 19.4 Å². The van der Waals surface area contributed by atoms with Gasteiger partial charge in [-0.2, -0.15) is 0 Å².